The fourth-order valence-electron chi connectivity index (χ4n) is 2.07. The topological polar surface area (TPSA) is 59.2 Å². The first kappa shape index (κ1) is 15.2. The number of hydrogen-bond donors (Lipinski definition) is 0. The third kappa shape index (κ3) is 3.90. The van der Waals surface area contributed by atoms with Gasteiger partial charge in [-0.05, 0) is 19.1 Å². The summed E-state index contributed by atoms with van der Waals surface area (Å²) in [5.74, 6) is 1.27. The van der Waals surface area contributed by atoms with E-state index < -0.39 is 0 Å². The van der Waals surface area contributed by atoms with Gasteiger partial charge in [-0.25, -0.2) is 0 Å². The molecule has 2 rings (SSSR count). The molecule has 0 unspecified atom stereocenters. The Morgan fingerprint density at radius 1 is 1.38 bits per heavy atom. The normalized spacial score (nSPS) is 10.9. The monoisotopic (exact) mass is 287 g/mol. The van der Waals surface area contributed by atoms with Crippen molar-refractivity contribution < 1.29 is 9.32 Å². The van der Waals surface area contributed by atoms with Crippen LogP contribution in [0, 0.1) is 12.8 Å². The van der Waals surface area contributed by atoms with E-state index in [4.69, 9.17) is 4.52 Å². The third-order valence-corrected chi connectivity index (χ3v) is 3.27. The van der Waals surface area contributed by atoms with Crippen LogP contribution in [0.4, 0.5) is 0 Å². The molecular formula is C16H21N3O2. The first-order valence-electron chi connectivity index (χ1n) is 7.12. The molecule has 21 heavy (non-hydrogen) atoms. The number of hydrogen-bond acceptors (Lipinski definition) is 4. The molecule has 0 aliphatic carbocycles. The summed E-state index contributed by atoms with van der Waals surface area (Å²) in [5.41, 5.74) is 2.06. The number of benzene rings is 1. The largest absolute Gasteiger partial charge is 0.345 e. The summed E-state index contributed by atoms with van der Waals surface area (Å²) in [6.07, 6.45) is 0.588. The number of aromatic nitrogens is 2. The van der Waals surface area contributed by atoms with Crippen molar-refractivity contribution in [1.29, 1.82) is 0 Å². The predicted molar refractivity (Wildman–Crippen MR) is 80.7 cm³/mol. The van der Waals surface area contributed by atoms with Gasteiger partial charge >= 0.3 is 0 Å². The second-order valence-corrected chi connectivity index (χ2v) is 5.55. The van der Waals surface area contributed by atoms with Crippen molar-refractivity contribution in [3.8, 4) is 11.5 Å². The second-order valence-electron chi connectivity index (χ2n) is 5.55. The molecule has 0 bridgehead atoms. The molecule has 1 heterocycles. The number of carbonyl (C=O) groups is 1. The van der Waals surface area contributed by atoms with Gasteiger partial charge in [0.25, 0.3) is 5.89 Å². The van der Waals surface area contributed by atoms with E-state index in [9.17, 15) is 4.79 Å². The summed E-state index contributed by atoms with van der Waals surface area (Å²) in [6.45, 7) is 6.39. The molecule has 5 heteroatoms. The Morgan fingerprint density at radius 2 is 2.14 bits per heavy atom. The lowest BCUT2D eigenvalue weighted by atomic mass is 10.1. The molecule has 0 fully saturated rings. The van der Waals surface area contributed by atoms with Crippen LogP contribution >= 0.6 is 0 Å². The second kappa shape index (κ2) is 6.52. The molecule has 1 aromatic carbocycles. The zero-order valence-electron chi connectivity index (χ0n) is 13.0. The van der Waals surface area contributed by atoms with E-state index in [1.807, 2.05) is 45.0 Å². The molecule has 2 aromatic rings. The molecule has 0 N–H and O–H groups in total. The van der Waals surface area contributed by atoms with Crippen molar-refractivity contribution in [3.63, 3.8) is 0 Å². The van der Waals surface area contributed by atoms with Crippen molar-refractivity contribution in [2.24, 2.45) is 5.92 Å². The summed E-state index contributed by atoms with van der Waals surface area (Å²) in [6, 6.07) is 7.93. The highest BCUT2D eigenvalue weighted by Crippen LogP contribution is 2.18. The van der Waals surface area contributed by atoms with Crippen molar-refractivity contribution in [2.45, 2.75) is 27.2 Å². The summed E-state index contributed by atoms with van der Waals surface area (Å²) in [4.78, 5) is 17.9. The van der Waals surface area contributed by atoms with E-state index in [0.29, 0.717) is 24.7 Å². The Kier molecular flexibility index (Phi) is 4.73. The number of nitrogens with zero attached hydrogens (tertiary/aromatic N) is 3. The molecule has 0 atom stereocenters. The number of rotatable bonds is 5. The Hall–Kier alpha value is -2.17. The van der Waals surface area contributed by atoms with Crippen molar-refractivity contribution in [3.05, 3.63) is 35.7 Å². The van der Waals surface area contributed by atoms with E-state index >= 15 is 0 Å². The lowest BCUT2D eigenvalue weighted by Gasteiger charge is -2.18. The lowest BCUT2D eigenvalue weighted by Crippen LogP contribution is -2.32. The summed E-state index contributed by atoms with van der Waals surface area (Å²) >= 11 is 0. The molecule has 0 radical (unpaired) electrons. The zero-order chi connectivity index (χ0) is 15.4. The van der Waals surface area contributed by atoms with Crippen LogP contribution < -0.4 is 0 Å². The van der Waals surface area contributed by atoms with Crippen LogP contribution in [0.15, 0.2) is 28.8 Å². The average molecular weight is 287 g/mol. The minimum absolute atomic E-state index is 0.00289. The van der Waals surface area contributed by atoms with Gasteiger partial charge in [-0.15, -0.1) is 0 Å². The number of carbonyl (C=O) groups excluding carboxylic acids is 1. The van der Waals surface area contributed by atoms with Gasteiger partial charge in [0.15, 0.2) is 5.82 Å². The molecule has 112 valence electrons. The maximum atomic E-state index is 11.8. The minimum atomic E-state index is 0.00289. The third-order valence-electron chi connectivity index (χ3n) is 3.27. The van der Waals surface area contributed by atoms with Gasteiger partial charge in [0.05, 0.1) is 0 Å². The number of aryl methyl sites for hydroxylation is 1. The van der Waals surface area contributed by atoms with Crippen LogP contribution in [0.3, 0.4) is 0 Å². The van der Waals surface area contributed by atoms with Gasteiger partial charge in [0.2, 0.25) is 5.91 Å². The van der Waals surface area contributed by atoms with Crippen LogP contribution in [0.1, 0.15) is 25.2 Å². The zero-order valence-corrected chi connectivity index (χ0v) is 13.0. The van der Waals surface area contributed by atoms with Gasteiger partial charge in [0.1, 0.15) is 0 Å². The molecule has 0 saturated carbocycles. The van der Waals surface area contributed by atoms with E-state index in [0.717, 1.165) is 11.1 Å². The summed E-state index contributed by atoms with van der Waals surface area (Å²) in [5, 5.41) is 3.97. The molecular weight excluding hydrogens is 266 g/mol. The smallest absolute Gasteiger partial charge is 0.257 e. The van der Waals surface area contributed by atoms with Gasteiger partial charge in [-0.2, -0.15) is 4.98 Å². The average Bonchev–Trinajstić information content (AvgIpc) is 2.92. The van der Waals surface area contributed by atoms with Gasteiger partial charge in [-0.1, -0.05) is 36.7 Å². The van der Waals surface area contributed by atoms with Gasteiger partial charge in [-0.3, -0.25) is 4.79 Å². The SMILES string of the molecule is Cc1cccc(-c2nc(CCN(C)C(=O)C(C)C)no2)c1. The van der Waals surface area contributed by atoms with Crippen LogP contribution in [0.2, 0.25) is 0 Å². The highest BCUT2D eigenvalue weighted by molar-refractivity contribution is 5.77. The molecule has 1 amide bonds. The summed E-state index contributed by atoms with van der Waals surface area (Å²) in [7, 11) is 1.80. The van der Waals surface area contributed by atoms with Gasteiger partial charge in [0, 0.05) is 31.5 Å². The van der Waals surface area contributed by atoms with Crippen molar-refractivity contribution in [2.75, 3.05) is 13.6 Å². The van der Waals surface area contributed by atoms with Crippen LogP contribution in [0.5, 0.6) is 0 Å². The fourth-order valence-corrected chi connectivity index (χ4v) is 2.07. The summed E-state index contributed by atoms with van der Waals surface area (Å²) < 4.78 is 5.28. The highest BCUT2D eigenvalue weighted by Gasteiger charge is 2.14. The van der Waals surface area contributed by atoms with Crippen molar-refractivity contribution >= 4 is 5.91 Å². The molecule has 0 aliphatic rings. The minimum Gasteiger partial charge on any atom is -0.345 e. The van der Waals surface area contributed by atoms with E-state index in [2.05, 4.69) is 10.1 Å². The standard InChI is InChI=1S/C16H21N3O2/c1-11(2)16(20)19(4)9-8-14-17-15(21-18-14)13-7-5-6-12(3)10-13/h5-7,10-11H,8-9H2,1-4H3. The molecule has 1 aromatic heterocycles. The molecule has 0 saturated heterocycles. The van der Waals surface area contributed by atoms with Crippen molar-refractivity contribution in [1.82, 2.24) is 15.0 Å². The van der Waals surface area contributed by atoms with Crippen LogP contribution in [-0.2, 0) is 11.2 Å². The Labute approximate surface area is 125 Å². The number of amides is 1. The van der Waals surface area contributed by atoms with Crippen LogP contribution in [0.25, 0.3) is 11.5 Å². The molecule has 5 nitrogen and oxygen atoms in total. The lowest BCUT2D eigenvalue weighted by molar-refractivity contribution is -0.133. The van der Waals surface area contributed by atoms with E-state index in [-0.39, 0.29) is 11.8 Å². The van der Waals surface area contributed by atoms with E-state index in [1.54, 1.807) is 11.9 Å². The number of likely N-dealkylation sites (N-methyl/N-ethyl adjacent to an activating group) is 1. The Balaban J connectivity index is 1.99. The Bertz CT molecular complexity index is 619. The van der Waals surface area contributed by atoms with E-state index in [1.165, 1.54) is 0 Å². The predicted octanol–water partition coefficient (Wildman–Crippen LogP) is 2.70. The first-order chi connectivity index (χ1) is 9.97. The molecule has 0 aliphatic heterocycles. The maximum Gasteiger partial charge on any atom is 0.257 e. The maximum absolute atomic E-state index is 11.8. The van der Waals surface area contributed by atoms with Crippen LogP contribution in [-0.4, -0.2) is 34.5 Å². The fraction of sp³-hybridized carbons (Fsp3) is 0.438. The molecule has 0 spiro atoms. The first-order valence-corrected chi connectivity index (χ1v) is 7.12. The van der Waals surface area contributed by atoms with Gasteiger partial charge < -0.3 is 9.42 Å². The quantitative estimate of drug-likeness (QED) is 0.848. The highest BCUT2D eigenvalue weighted by atomic mass is 16.5. The Morgan fingerprint density at radius 3 is 2.81 bits per heavy atom.